The van der Waals surface area contributed by atoms with E-state index in [0.717, 1.165) is 95.3 Å². The molecule has 1 amide bonds. The first-order chi connectivity index (χ1) is 24.7. The van der Waals surface area contributed by atoms with Crippen molar-refractivity contribution in [3.05, 3.63) is 150 Å². The number of nitrogens with zero attached hydrogens (tertiary/aromatic N) is 5. The quantitative estimate of drug-likeness (QED) is 0.149. The lowest BCUT2D eigenvalue weighted by atomic mass is 9.71. The average Bonchev–Trinajstić information content (AvgIpc) is 3.95. The molecule has 1 aliphatic carbocycles. The number of hydrogen-bond acceptors (Lipinski definition) is 5. The molecule has 1 aliphatic heterocycles. The van der Waals surface area contributed by atoms with Crippen molar-refractivity contribution >= 4 is 11.7 Å². The van der Waals surface area contributed by atoms with Crippen LogP contribution in [-0.2, 0) is 10.3 Å². The topological polar surface area (TPSA) is 87.1 Å². The first-order valence-electron chi connectivity index (χ1n) is 17.7. The van der Waals surface area contributed by atoms with E-state index in [0.29, 0.717) is 5.82 Å². The molecule has 1 aromatic heterocycles. The van der Waals surface area contributed by atoms with Crippen LogP contribution in [0.3, 0.4) is 0 Å². The molecule has 6 aromatic rings. The summed E-state index contributed by atoms with van der Waals surface area (Å²) in [6.07, 6.45) is 6.30. The third-order valence-electron chi connectivity index (χ3n) is 10.4. The van der Waals surface area contributed by atoms with Crippen LogP contribution in [0.1, 0.15) is 68.6 Å². The van der Waals surface area contributed by atoms with Crippen molar-refractivity contribution in [2.45, 2.75) is 62.9 Å². The molecule has 8 rings (SSSR count). The van der Waals surface area contributed by atoms with Gasteiger partial charge in [0.1, 0.15) is 16.9 Å². The molecule has 1 spiro atoms. The molecule has 7 heteroatoms. The highest BCUT2D eigenvalue weighted by molar-refractivity contribution is 6.10. The lowest BCUT2D eigenvalue weighted by Crippen LogP contribution is -2.55. The van der Waals surface area contributed by atoms with E-state index >= 15 is 4.79 Å². The van der Waals surface area contributed by atoms with E-state index in [1.54, 1.807) is 0 Å². The number of H-pyrrole nitrogens is 1. The van der Waals surface area contributed by atoms with Crippen LogP contribution < -0.4 is 0 Å². The lowest BCUT2D eigenvalue weighted by Gasteiger charge is -2.45. The van der Waals surface area contributed by atoms with Gasteiger partial charge in [0.2, 0.25) is 5.82 Å². The Morgan fingerprint density at radius 2 is 1.34 bits per heavy atom. The molecule has 0 atom stereocenters. The smallest absolute Gasteiger partial charge is 0.257 e. The van der Waals surface area contributed by atoms with E-state index < -0.39 is 11.1 Å². The Labute approximate surface area is 293 Å². The van der Waals surface area contributed by atoms with Crippen molar-refractivity contribution in [1.82, 2.24) is 25.5 Å². The largest absolute Gasteiger partial charge is 0.280 e. The molecule has 0 bridgehead atoms. The van der Waals surface area contributed by atoms with E-state index in [4.69, 9.17) is 4.99 Å². The Morgan fingerprint density at radius 3 is 1.96 bits per heavy atom. The van der Waals surface area contributed by atoms with Crippen molar-refractivity contribution in [1.29, 1.82) is 0 Å². The second kappa shape index (κ2) is 13.3. The van der Waals surface area contributed by atoms with Crippen molar-refractivity contribution in [2.75, 3.05) is 0 Å². The molecule has 1 fully saturated rings. The van der Waals surface area contributed by atoms with E-state index in [-0.39, 0.29) is 5.91 Å². The maximum absolute atomic E-state index is 15.4. The highest BCUT2D eigenvalue weighted by Crippen LogP contribution is 2.52. The monoisotopic (exact) mass is 656 g/mol. The zero-order chi connectivity index (χ0) is 34.0. The van der Waals surface area contributed by atoms with Crippen molar-refractivity contribution in [3.63, 3.8) is 0 Å². The minimum Gasteiger partial charge on any atom is -0.280 e. The van der Waals surface area contributed by atoms with Gasteiger partial charge in [-0.05, 0) is 69.5 Å². The molecule has 7 nitrogen and oxygen atoms in total. The van der Waals surface area contributed by atoms with Gasteiger partial charge in [0.05, 0.1) is 0 Å². The van der Waals surface area contributed by atoms with Gasteiger partial charge in [0.15, 0.2) is 0 Å². The zero-order valence-corrected chi connectivity index (χ0v) is 28.3. The molecular formula is C43H40N6O. The van der Waals surface area contributed by atoms with E-state index in [9.17, 15) is 0 Å². The number of amidine groups is 1. The Kier molecular flexibility index (Phi) is 8.41. The van der Waals surface area contributed by atoms with Crippen molar-refractivity contribution in [2.24, 2.45) is 4.99 Å². The Hall–Kier alpha value is -5.69. The molecule has 0 saturated heterocycles. The summed E-state index contributed by atoms with van der Waals surface area (Å²) in [6.45, 7) is 2.20. The molecule has 0 radical (unpaired) electrons. The average molecular weight is 657 g/mol. The van der Waals surface area contributed by atoms with Gasteiger partial charge in [-0.15, -0.1) is 10.2 Å². The minimum atomic E-state index is -1.00. The molecule has 50 heavy (non-hydrogen) atoms. The number of rotatable bonds is 10. The number of unbranched alkanes of at least 4 members (excludes halogenated alkanes) is 1. The first-order valence-corrected chi connectivity index (χ1v) is 17.7. The van der Waals surface area contributed by atoms with E-state index in [2.05, 4.69) is 130 Å². The Bertz CT molecular complexity index is 2080. The molecule has 0 unspecified atom stereocenters. The molecule has 1 saturated carbocycles. The summed E-state index contributed by atoms with van der Waals surface area (Å²) in [6, 6.07) is 46.4. The molecule has 1 N–H and O–H groups in total. The predicted octanol–water partition coefficient (Wildman–Crippen LogP) is 9.24. The van der Waals surface area contributed by atoms with Crippen LogP contribution in [-0.4, -0.2) is 42.8 Å². The zero-order valence-electron chi connectivity index (χ0n) is 28.3. The number of tetrazole rings is 1. The van der Waals surface area contributed by atoms with Gasteiger partial charge < -0.3 is 0 Å². The molecule has 5 aromatic carbocycles. The second-order valence-electron chi connectivity index (χ2n) is 13.4. The Balaban J connectivity index is 1.46. The highest BCUT2D eigenvalue weighted by Gasteiger charge is 2.58. The number of carbonyl (C=O) groups is 1. The number of nitrogens with one attached hydrogen (secondary N) is 1. The first kappa shape index (κ1) is 31.6. The summed E-state index contributed by atoms with van der Waals surface area (Å²) < 4.78 is 0. The van der Waals surface area contributed by atoms with Crippen LogP contribution in [0.25, 0.3) is 33.6 Å². The number of aromatic amines is 1. The van der Waals surface area contributed by atoms with E-state index in [1.807, 2.05) is 36.4 Å². The number of amides is 1. The highest BCUT2D eigenvalue weighted by atomic mass is 16.2. The number of hydrogen-bond donors (Lipinski definition) is 1. The molecule has 248 valence electrons. The minimum absolute atomic E-state index is 0.111. The summed E-state index contributed by atoms with van der Waals surface area (Å²) >= 11 is 0. The predicted molar refractivity (Wildman–Crippen MR) is 198 cm³/mol. The number of aromatic nitrogens is 4. The normalized spacial score (nSPS) is 15.5. The maximum Gasteiger partial charge on any atom is 0.257 e. The molecule has 2 aliphatic rings. The maximum atomic E-state index is 15.4. The second-order valence-corrected chi connectivity index (χ2v) is 13.4. The van der Waals surface area contributed by atoms with Crippen LogP contribution in [0.2, 0.25) is 0 Å². The summed E-state index contributed by atoms with van der Waals surface area (Å²) in [4.78, 5) is 22.9. The summed E-state index contributed by atoms with van der Waals surface area (Å²) in [5, 5.41) is 15.1. The molecular weight excluding hydrogens is 617 g/mol. The van der Waals surface area contributed by atoms with Crippen LogP contribution in [0.15, 0.2) is 138 Å². The fourth-order valence-electron chi connectivity index (χ4n) is 8.11. The van der Waals surface area contributed by atoms with Gasteiger partial charge in [-0.2, -0.15) is 5.21 Å². The Morgan fingerprint density at radius 1 is 0.720 bits per heavy atom. The van der Waals surface area contributed by atoms with Crippen LogP contribution in [0, 0.1) is 0 Å². The summed E-state index contributed by atoms with van der Waals surface area (Å²) in [7, 11) is 0. The van der Waals surface area contributed by atoms with Gasteiger partial charge in [-0.3, -0.25) is 14.7 Å². The van der Waals surface area contributed by atoms with Crippen LogP contribution >= 0.6 is 0 Å². The fraction of sp³-hybridized carbons (Fsp3) is 0.233. The van der Waals surface area contributed by atoms with Gasteiger partial charge in [0, 0.05) is 12.0 Å². The van der Waals surface area contributed by atoms with Gasteiger partial charge in [-0.25, -0.2) is 0 Å². The summed E-state index contributed by atoms with van der Waals surface area (Å²) in [5.74, 6) is 1.53. The van der Waals surface area contributed by atoms with E-state index in [1.165, 1.54) is 0 Å². The van der Waals surface area contributed by atoms with Gasteiger partial charge in [-0.1, -0.05) is 154 Å². The van der Waals surface area contributed by atoms with Crippen LogP contribution in [0.4, 0.5) is 0 Å². The number of aliphatic imine (C=N–C) groups is 1. The SMILES string of the molecule is CCCCC1=NC2(CCCC2)C(=O)N1C(c1ccccc1)(c1ccccc1)c1ccc(-c2ccccc2-c2nn[nH]n2)cc1-c1ccccc1. The fourth-order valence-corrected chi connectivity index (χ4v) is 8.11. The van der Waals surface area contributed by atoms with Crippen molar-refractivity contribution in [3.8, 4) is 33.6 Å². The third kappa shape index (κ3) is 5.25. The number of benzene rings is 5. The van der Waals surface area contributed by atoms with Crippen LogP contribution in [0.5, 0.6) is 0 Å². The van der Waals surface area contributed by atoms with Crippen molar-refractivity contribution < 1.29 is 4.79 Å². The number of carbonyl (C=O) groups excluding carboxylic acids is 1. The third-order valence-corrected chi connectivity index (χ3v) is 10.4. The standard InChI is InChI=1S/C43H40N6O/c1-2-3-25-39-44-42(28-15-16-29-42)41(50)49(39)43(33-19-9-5-10-20-33,34-21-11-6-12-22-34)38-27-26-32(30-37(38)31-17-7-4-8-18-31)35-23-13-14-24-36(35)40-45-47-48-46-40/h4-14,17-24,26-27,30H,2-3,15-16,25,28-29H2,1H3,(H,45,46,47,48). The summed E-state index contributed by atoms with van der Waals surface area (Å²) in [5.41, 5.74) is 6.35. The molecule has 2 heterocycles. The van der Waals surface area contributed by atoms with Gasteiger partial charge in [0.25, 0.3) is 5.91 Å². The van der Waals surface area contributed by atoms with Gasteiger partial charge >= 0.3 is 0 Å². The lowest BCUT2D eigenvalue weighted by molar-refractivity contribution is -0.133.